The Morgan fingerprint density at radius 3 is 3.12 bits per heavy atom. The summed E-state index contributed by atoms with van der Waals surface area (Å²) in [7, 11) is 0. The SMILES string of the molecule is CSCC[C@@H](C=O)NOC(=O)c1cccnc1. The molecule has 1 N–H and O–H groups in total. The van der Waals surface area contributed by atoms with Gasteiger partial charge in [0.2, 0.25) is 0 Å². The number of carbonyl (C=O) groups is 2. The molecule has 0 aliphatic rings. The number of aldehydes is 1. The van der Waals surface area contributed by atoms with Gasteiger partial charge in [-0.15, -0.1) is 5.48 Å². The second-order valence-corrected chi connectivity index (χ2v) is 4.26. The number of aromatic nitrogens is 1. The maximum atomic E-state index is 11.5. The van der Waals surface area contributed by atoms with Gasteiger partial charge in [-0.1, -0.05) is 0 Å². The zero-order valence-electron chi connectivity index (χ0n) is 9.46. The van der Waals surface area contributed by atoms with Gasteiger partial charge in [-0.3, -0.25) is 4.98 Å². The molecule has 0 bridgehead atoms. The Morgan fingerprint density at radius 1 is 1.71 bits per heavy atom. The van der Waals surface area contributed by atoms with Crippen molar-refractivity contribution in [2.45, 2.75) is 12.5 Å². The topological polar surface area (TPSA) is 68.3 Å². The van der Waals surface area contributed by atoms with Crippen molar-refractivity contribution in [1.29, 1.82) is 0 Å². The average Bonchev–Trinajstić information content (AvgIpc) is 2.39. The molecule has 17 heavy (non-hydrogen) atoms. The minimum Gasteiger partial charge on any atom is -0.366 e. The first-order valence-electron chi connectivity index (χ1n) is 5.09. The second-order valence-electron chi connectivity index (χ2n) is 3.27. The molecule has 0 aliphatic carbocycles. The average molecular weight is 254 g/mol. The molecule has 0 aromatic carbocycles. The predicted molar refractivity (Wildman–Crippen MR) is 65.6 cm³/mol. The largest absolute Gasteiger partial charge is 0.366 e. The second kappa shape index (κ2) is 7.81. The van der Waals surface area contributed by atoms with Gasteiger partial charge in [-0.25, -0.2) is 4.79 Å². The highest BCUT2D eigenvalue weighted by Crippen LogP contribution is 2.01. The standard InChI is InChI=1S/C11H14N2O3S/c1-17-6-4-10(8-14)13-16-11(15)9-3-2-5-12-7-9/h2-3,5,7-8,10,13H,4,6H2,1H3/t10-/m0/s1. The van der Waals surface area contributed by atoms with E-state index in [1.165, 1.54) is 6.20 Å². The third-order valence-electron chi connectivity index (χ3n) is 2.00. The fraction of sp³-hybridized carbons (Fsp3) is 0.364. The Hall–Kier alpha value is -1.40. The lowest BCUT2D eigenvalue weighted by Gasteiger charge is -2.11. The van der Waals surface area contributed by atoms with Crippen molar-refractivity contribution < 1.29 is 14.4 Å². The molecule has 0 radical (unpaired) electrons. The Balaban J connectivity index is 2.39. The van der Waals surface area contributed by atoms with Crippen molar-refractivity contribution in [3.05, 3.63) is 30.1 Å². The van der Waals surface area contributed by atoms with E-state index in [-0.39, 0.29) is 0 Å². The summed E-state index contributed by atoms with van der Waals surface area (Å²) in [5.41, 5.74) is 2.79. The summed E-state index contributed by atoms with van der Waals surface area (Å²) in [6.45, 7) is 0. The van der Waals surface area contributed by atoms with Crippen LogP contribution in [-0.2, 0) is 9.63 Å². The molecule has 0 aliphatic heterocycles. The Kier molecular flexibility index (Phi) is 6.27. The van der Waals surface area contributed by atoms with Gasteiger partial charge in [0, 0.05) is 12.4 Å². The van der Waals surface area contributed by atoms with E-state index in [0.29, 0.717) is 12.0 Å². The molecule has 92 valence electrons. The molecule has 0 unspecified atom stereocenters. The van der Waals surface area contributed by atoms with Crippen LogP contribution < -0.4 is 5.48 Å². The number of thioether (sulfide) groups is 1. The van der Waals surface area contributed by atoms with E-state index in [2.05, 4.69) is 10.5 Å². The van der Waals surface area contributed by atoms with Crippen molar-refractivity contribution in [2.24, 2.45) is 0 Å². The van der Waals surface area contributed by atoms with Crippen LogP contribution in [0.3, 0.4) is 0 Å². The molecule has 0 saturated carbocycles. The molecular weight excluding hydrogens is 240 g/mol. The van der Waals surface area contributed by atoms with Crippen molar-refractivity contribution in [2.75, 3.05) is 12.0 Å². The molecule has 0 spiro atoms. The van der Waals surface area contributed by atoms with Crippen LogP contribution in [0.15, 0.2) is 24.5 Å². The predicted octanol–water partition coefficient (Wildman–Crippen LogP) is 1.06. The maximum absolute atomic E-state index is 11.5. The Morgan fingerprint density at radius 2 is 2.53 bits per heavy atom. The number of hydrogen-bond acceptors (Lipinski definition) is 6. The van der Waals surface area contributed by atoms with Crippen molar-refractivity contribution in [1.82, 2.24) is 10.5 Å². The minimum absolute atomic E-state index is 0.342. The third-order valence-corrected chi connectivity index (χ3v) is 2.64. The summed E-state index contributed by atoms with van der Waals surface area (Å²) in [4.78, 5) is 30.8. The molecule has 0 amide bonds. The number of pyridine rings is 1. The van der Waals surface area contributed by atoms with Crippen LogP contribution in [0.25, 0.3) is 0 Å². The first-order valence-corrected chi connectivity index (χ1v) is 6.48. The van der Waals surface area contributed by atoms with E-state index in [9.17, 15) is 9.59 Å². The van der Waals surface area contributed by atoms with Crippen LogP contribution in [0.4, 0.5) is 0 Å². The van der Waals surface area contributed by atoms with E-state index >= 15 is 0 Å². The molecule has 5 nitrogen and oxygen atoms in total. The molecule has 1 aromatic heterocycles. The maximum Gasteiger partial charge on any atom is 0.358 e. The number of nitrogens with one attached hydrogen (secondary N) is 1. The van der Waals surface area contributed by atoms with Gasteiger partial charge in [0.05, 0.1) is 11.6 Å². The van der Waals surface area contributed by atoms with Gasteiger partial charge in [-0.2, -0.15) is 11.8 Å². The zero-order valence-corrected chi connectivity index (χ0v) is 10.3. The summed E-state index contributed by atoms with van der Waals surface area (Å²) < 4.78 is 0. The van der Waals surface area contributed by atoms with Crippen LogP contribution in [0.2, 0.25) is 0 Å². The lowest BCUT2D eigenvalue weighted by molar-refractivity contribution is -0.112. The van der Waals surface area contributed by atoms with Crippen LogP contribution in [0.5, 0.6) is 0 Å². The van der Waals surface area contributed by atoms with Gasteiger partial charge >= 0.3 is 5.97 Å². The molecule has 6 heteroatoms. The molecule has 0 fully saturated rings. The Bertz CT molecular complexity index is 359. The van der Waals surface area contributed by atoms with E-state index in [4.69, 9.17) is 4.84 Å². The van der Waals surface area contributed by atoms with Crippen LogP contribution >= 0.6 is 11.8 Å². The van der Waals surface area contributed by atoms with Crippen molar-refractivity contribution >= 4 is 24.0 Å². The third kappa shape index (κ3) is 4.97. The highest BCUT2D eigenvalue weighted by atomic mass is 32.2. The fourth-order valence-electron chi connectivity index (χ4n) is 1.07. The van der Waals surface area contributed by atoms with Gasteiger partial charge in [-0.05, 0) is 30.6 Å². The van der Waals surface area contributed by atoms with E-state index < -0.39 is 12.0 Å². The van der Waals surface area contributed by atoms with Gasteiger partial charge < -0.3 is 9.63 Å². The van der Waals surface area contributed by atoms with Gasteiger partial charge in [0.25, 0.3) is 0 Å². The van der Waals surface area contributed by atoms with E-state index in [1.807, 2.05) is 6.26 Å². The summed E-state index contributed by atoms with van der Waals surface area (Å²) in [5, 5.41) is 0. The lowest BCUT2D eigenvalue weighted by atomic mass is 10.3. The monoisotopic (exact) mass is 254 g/mol. The molecule has 1 rings (SSSR count). The summed E-state index contributed by atoms with van der Waals surface area (Å²) in [6, 6.07) is 2.76. The van der Waals surface area contributed by atoms with E-state index in [0.717, 1.165) is 12.0 Å². The normalized spacial score (nSPS) is 11.8. The van der Waals surface area contributed by atoms with Crippen LogP contribution in [0, 0.1) is 0 Å². The first-order chi connectivity index (χ1) is 8.27. The minimum atomic E-state index is -0.547. The number of rotatable bonds is 7. The number of nitrogens with zero attached hydrogens (tertiary/aromatic N) is 1. The quantitative estimate of drug-likeness (QED) is 0.579. The van der Waals surface area contributed by atoms with Crippen molar-refractivity contribution in [3.8, 4) is 0 Å². The number of hydroxylamine groups is 1. The summed E-state index contributed by atoms with van der Waals surface area (Å²) in [5.74, 6) is 0.273. The van der Waals surface area contributed by atoms with Gasteiger partial charge in [0.1, 0.15) is 6.29 Å². The van der Waals surface area contributed by atoms with Crippen LogP contribution in [-0.4, -0.2) is 35.3 Å². The smallest absolute Gasteiger partial charge is 0.358 e. The molecule has 0 saturated heterocycles. The highest BCUT2D eigenvalue weighted by molar-refractivity contribution is 7.98. The number of hydrogen-bond donors (Lipinski definition) is 1. The van der Waals surface area contributed by atoms with Crippen LogP contribution in [0.1, 0.15) is 16.8 Å². The molecule has 1 aromatic rings. The first kappa shape index (κ1) is 13.7. The summed E-state index contributed by atoms with van der Waals surface area (Å²) in [6.07, 6.45) is 6.26. The zero-order chi connectivity index (χ0) is 12.5. The fourth-order valence-corrected chi connectivity index (χ4v) is 1.56. The Labute approximate surface area is 104 Å². The van der Waals surface area contributed by atoms with Crippen molar-refractivity contribution in [3.63, 3.8) is 0 Å². The number of carbonyl (C=O) groups excluding carboxylic acids is 2. The van der Waals surface area contributed by atoms with Gasteiger partial charge in [0.15, 0.2) is 0 Å². The molecule has 1 atom stereocenters. The lowest BCUT2D eigenvalue weighted by Crippen LogP contribution is -2.33. The highest BCUT2D eigenvalue weighted by Gasteiger charge is 2.11. The molecule has 1 heterocycles. The van der Waals surface area contributed by atoms with E-state index in [1.54, 1.807) is 30.1 Å². The summed E-state index contributed by atoms with van der Waals surface area (Å²) >= 11 is 1.63. The molecular formula is C11H14N2O3S.